The van der Waals surface area contributed by atoms with Crippen LogP contribution in [0, 0.1) is 13.8 Å². The number of hydrogen-bond donors (Lipinski definition) is 1. The van der Waals surface area contributed by atoms with Crippen LogP contribution in [-0.4, -0.2) is 61.6 Å². The topological polar surface area (TPSA) is 160 Å². The maximum atomic E-state index is 13.7. The number of pyridine rings is 1. The molecule has 0 aliphatic heterocycles. The minimum Gasteiger partial charge on any atom is -0.481 e. The highest BCUT2D eigenvalue weighted by Crippen LogP contribution is 2.31. The molecule has 0 amide bonds. The van der Waals surface area contributed by atoms with Gasteiger partial charge in [0.05, 0.1) is 19.4 Å². The molecule has 4 aromatic heterocycles. The van der Waals surface area contributed by atoms with Gasteiger partial charge in [0.15, 0.2) is 11.6 Å². The first-order chi connectivity index (χ1) is 18.5. The van der Waals surface area contributed by atoms with Crippen LogP contribution in [0.1, 0.15) is 62.9 Å². The van der Waals surface area contributed by atoms with Crippen molar-refractivity contribution in [3.05, 3.63) is 59.8 Å². The fourth-order valence-corrected chi connectivity index (χ4v) is 4.93. The number of rotatable bonds is 11. The molecule has 0 fully saturated rings. The highest BCUT2D eigenvalue weighted by Gasteiger charge is 2.36. The number of ether oxygens (including phenoxy) is 2. The summed E-state index contributed by atoms with van der Waals surface area (Å²) in [5.74, 6) is 1.83. The summed E-state index contributed by atoms with van der Waals surface area (Å²) in [6.07, 6.45) is 3.61. The second-order valence-corrected chi connectivity index (χ2v) is 11.4. The van der Waals surface area contributed by atoms with E-state index in [9.17, 15) is 8.42 Å². The SMILES string of the molecule is COc1cccc(-c2nnc(NS(=O)(=O)[C@@H](C)[C@@H](OC(C)C)c3ncc(C)cn3)n2[C@@H](C)c2ncc(C)o2)n1. The van der Waals surface area contributed by atoms with Crippen LogP contribution in [0.2, 0.25) is 0 Å². The summed E-state index contributed by atoms with van der Waals surface area (Å²) in [7, 11) is -2.60. The number of sulfonamides is 1. The van der Waals surface area contributed by atoms with Gasteiger partial charge in [-0.15, -0.1) is 10.2 Å². The van der Waals surface area contributed by atoms with E-state index in [-0.39, 0.29) is 17.9 Å². The Morgan fingerprint density at radius 3 is 2.33 bits per heavy atom. The first kappa shape index (κ1) is 28.1. The number of methoxy groups -OCH3 is 1. The van der Waals surface area contributed by atoms with E-state index in [1.165, 1.54) is 14.0 Å². The molecule has 39 heavy (non-hydrogen) atoms. The third-order valence-corrected chi connectivity index (χ3v) is 7.56. The molecule has 0 saturated heterocycles. The molecule has 13 nitrogen and oxygen atoms in total. The largest absolute Gasteiger partial charge is 0.481 e. The van der Waals surface area contributed by atoms with Gasteiger partial charge >= 0.3 is 0 Å². The molecule has 0 unspecified atom stereocenters. The second kappa shape index (κ2) is 11.5. The van der Waals surface area contributed by atoms with Crippen molar-refractivity contribution in [3.8, 4) is 17.4 Å². The van der Waals surface area contributed by atoms with Gasteiger partial charge in [0.25, 0.3) is 0 Å². The molecule has 3 atom stereocenters. The molecule has 0 saturated carbocycles. The maximum absolute atomic E-state index is 13.7. The lowest BCUT2D eigenvalue weighted by atomic mass is 10.2. The number of aryl methyl sites for hydroxylation is 2. The Kier molecular flexibility index (Phi) is 8.25. The summed E-state index contributed by atoms with van der Waals surface area (Å²) in [6.45, 7) is 10.6. The first-order valence-electron chi connectivity index (χ1n) is 12.3. The zero-order chi connectivity index (χ0) is 28.3. The van der Waals surface area contributed by atoms with Crippen LogP contribution >= 0.6 is 0 Å². The summed E-state index contributed by atoms with van der Waals surface area (Å²) in [5, 5.41) is 7.34. The minimum atomic E-state index is -4.11. The molecule has 0 bridgehead atoms. The molecule has 1 N–H and O–H groups in total. The molecule has 208 valence electrons. The lowest BCUT2D eigenvalue weighted by molar-refractivity contribution is 0.00152. The Labute approximate surface area is 227 Å². The summed E-state index contributed by atoms with van der Waals surface area (Å²) in [6, 6.07) is 4.58. The van der Waals surface area contributed by atoms with Crippen LogP contribution in [0.4, 0.5) is 5.95 Å². The van der Waals surface area contributed by atoms with Gasteiger partial charge in [0.1, 0.15) is 28.8 Å². The first-order valence-corrected chi connectivity index (χ1v) is 13.9. The third-order valence-electron chi connectivity index (χ3n) is 5.86. The quantitative estimate of drug-likeness (QED) is 0.287. The summed E-state index contributed by atoms with van der Waals surface area (Å²) < 4.78 is 48.6. The van der Waals surface area contributed by atoms with Crippen molar-refractivity contribution >= 4 is 16.0 Å². The fourth-order valence-electron chi connectivity index (χ4n) is 3.84. The minimum absolute atomic E-state index is 0.0436. The zero-order valence-electron chi connectivity index (χ0n) is 22.9. The molecular weight excluding hydrogens is 524 g/mol. The van der Waals surface area contributed by atoms with Gasteiger partial charge in [0, 0.05) is 18.5 Å². The number of aromatic nitrogens is 7. The van der Waals surface area contributed by atoms with Crippen LogP contribution in [0.25, 0.3) is 11.5 Å². The lowest BCUT2D eigenvalue weighted by Crippen LogP contribution is -2.35. The van der Waals surface area contributed by atoms with Crippen molar-refractivity contribution in [1.29, 1.82) is 0 Å². The van der Waals surface area contributed by atoms with Crippen molar-refractivity contribution < 1.29 is 22.3 Å². The van der Waals surface area contributed by atoms with E-state index in [1.807, 2.05) is 20.8 Å². The van der Waals surface area contributed by atoms with E-state index in [0.717, 1.165) is 5.56 Å². The van der Waals surface area contributed by atoms with Gasteiger partial charge in [-0.3, -0.25) is 9.29 Å². The Morgan fingerprint density at radius 1 is 1.00 bits per heavy atom. The average molecular weight is 557 g/mol. The van der Waals surface area contributed by atoms with Crippen molar-refractivity contribution in [1.82, 2.24) is 34.7 Å². The summed E-state index contributed by atoms with van der Waals surface area (Å²) >= 11 is 0. The van der Waals surface area contributed by atoms with Crippen molar-refractivity contribution in [3.63, 3.8) is 0 Å². The van der Waals surface area contributed by atoms with E-state index in [2.05, 4.69) is 34.9 Å². The number of anilines is 1. The molecule has 4 rings (SSSR count). The molecule has 0 radical (unpaired) electrons. The highest BCUT2D eigenvalue weighted by molar-refractivity contribution is 7.93. The average Bonchev–Trinajstić information content (AvgIpc) is 3.53. The number of hydrogen-bond acceptors (Lipinski definition) is 11. The van der Waals surface area contributed by atoms with E-state index in [1.54, 1.807) is 55.2 Å². The highest BCUT2D eigenvalue weighted by atomic mass is 32.2. The normalized spacial score (nSPS) is 14.3. The van der Waals surface area contributed by atoms with E-state index >= 15 is 0 Å². The van der Waals surface area contributed by atoms with Crippen molar-refractivity contribution in [2.24, 2.45) is 0 Å². The number of nitrogens with one attached hydrogen (secondary N) is 1. The Balaban J connectivity index is 1.75. The van der Waals surface area contributed by atoms with Gasteiger partial charge in [-0.2, -0.15) is 0 Å². The van der Waals surface area contributed by atoms with Crippen molar-refractivity contribution in [2.45, 2.75) is 65.0 Å². The lowest BCUT2D eigenvalue weighted by Gasteiger charge is -2.25. The molecule has 4 aromatic rings. The van der Waals surface area contributed by atoms with Crippen LogP contribution in [-0.2, 0) is 14.8 Å². The monoisotopic (exact) mass is 556 g/mol. The molecule has 4 heterocycles. The van der Waals surface area contributed by atoms with Gasteiger partial charge in [0.2, 0.25) is 27.7 Å². The second-order valence-electron chi connectivity index (χ2n) is 9.34. The molecule has 0 aliphatic rings. The summed E-state index contributed by atoms with van der Waals surface area (Å²) in [5.41, 5.74) is 1.27. The number of nitrogens with zero attached hydrogens (tertiary/aromatic N) is 7. The van der Waals surface area contributed by atoms with Crippen molar-refractivity contribution in [2.75, 3.05) is 11.8 Å². The standard InChI is InChI=1S/C25H32N8O5S/c1-14(2)37-21(22-26-11-15(3)12-27-22)18(6)39(34,35)32-25-31-30-23(19-9-8-10-20(29-19)36-7)33(25)17(5)24-28-13-16(4)38-24/h8-14,17-18,21H,1-7H3,(H,31,32)/t17-,18-,21+/m0/s1. The van der Waals surface area contributed by atoms with E-state index in [4.69, 9.17) is 13.9 Å². The van der Waals surface area contributed by atoms with Gasteiger partial charge in [-0.1, -0.05) is 6.07 Å². The summed E-state index contributed by atoms with van der Waals surface area (Å²) in [4.78, 5) is 17.4. The third kappa shape index (κ3) is 6.23. The van der Waals surface area contributed by atoms with Crippen LogP contribution < -0.4 is 9.46 Å². The fraction of sp³-hybridized carbons (Fsp3) is 0.440. The molecule has 0 aliphatic carbocycles. The van der Waals surface area contributed by atoms with Crippen LogP contribution in [0.15, 0.2) is 41.2 Å². The van der Waals surface area contributed by atoms with E-state index < -0.39 is 27.4 Å². The predicted octanol–water partition coefficient (Wildman–Crippen LogP) is 3.65. The molecule has 0 spiro atoms. The van der Waals surface area contributed by atoms with Gasteiger partial charge in [-0.25, -0.2) is 28.4 Å². The Morgan fingerprint density at radius 2 is 1.72 bits per heavy atom. The Hall–Kier alpha value is -3.91. The van der Waals surface area contributed by atoms with Gasteiger partial charge in [-0.05, 0) is 53.2 Å². The van der Waals surface area contributed by atoms with Crippen LogP contribution in [0.3, 0.4) is 0 Å². The van der Waals surface area contributed by atoms with E-state index in [0.29, 0.717) is 29.0 Å². The predicted molar refractivity (Wildman–Crippen MR) is 143 cm³/mol. The number of oxazole rings is 1. The van der Waals surface area contributed by atoms with Gasteiger partial charge < -0.3 is 13.9 Å². The molecular formula is C25H32N8O5S. The smallest absolute Gasteiger partial charge is 0.240 e. The molecule has 14 heteroatoms. The van der Waals surface area contributed by atoms with Crippen LogP contribution in [0.5, 0.6) is 5.88 Å². The molecule has 0 aromatic carbocycles. The Bertz CT molecular complexity index is 1520. The zero-order valence-corrected chi connectivity index (χ0v) is 23.7. The maximum Gasteiger partial charge on any atom is 0.240 e.